The van der Waals surface area contributed by atoms with Crippen LogP contribution in [-0.2, 0) is 0 Å². The highest BCUT2D eigenvalue weighted by Crippen LogP contribution is 2.30. The first-order chi connectivity index (χ1) is 17.9. The van der Waals surface area contributed by atoms with Gasteiger partial charge in [0.05, 0.1) is 5.69 Å². The van der Waals surface area contributed by atoms with E-state index in [-0.39, 0.29) is 5.82 Å². The van der Waals surface area contributed by atoms with Crippen LogP contribution >= 0.6 is 11.6 Å². The SMILES string of the molecule is C=N/C(=C(/C)C/C=C\C)N1CCN(c2cc(-c3ccc(F)c(C)c3)nc(N3CCCC3C)n2)CC1.CCl. The van der Waals surface area contributed by atoms with Gasteiger partial charge in [-0.1, -0.05) is 12.2 Å². The smallest absolute Gasteiger partial charge is 0.228 e. The second-order valence-corrected chi connectivity index (χ2v) is 9.57. The zero-order valence-corrected chi connectivity index (χ0v) is 23.6. The first kappa shape index (κ1) is 28.6. The minimum Gasteiger partial charge on any atom is -0.353 e. The molecule has 1 unspecified atom stereocenters. The van der Waals surface area contributed by atoms with Gasteiger partial charge < -0.3 is 14.7 Å². The van der Waals surface area contributed by atoms with Gasteiger partial charge in [-0.15, -0.1) is 11.6 Å². The van der Waals surface area contributed by atoms with Crippen molar-refractivity contribution in [2.75, 3.05) is 48.9 Å². The molecule has 2 aromatic rings. The van der Waals surface area contributed by atoms with Crippen LogP contribution in [0.5, 0.6) is 0 Å². The van der Waals surface area contributed by atoms with Crippen molar-refractivity contribution in [2.24, 2.45) is 4.99 Å². The molecule has 2 aliphatic heterocycles. The van der Waals surface area contributed by atoms with Crippen LogP contribution in [0.4, 0.5) is 16.2 Å². The predicted molar refractivity (Wildman–Crippen MR) is 155 cm³/mol. The fraction of sp³-hybridized carbons (Fsp3) is 0.483. The summed E-state index contributed by atoms with van der Waals surface area (Å²) in [6, 6.07) is 7.67. The minimum absolute atomic E-state index is 0.197. The van der Waals surface area contributed by atoms with Crippen molar-refractivity contribution in [3.05, 3.63) is 59.2 Å². The Morgan fingerprint density at radius 3 is 2.49 bits per heavy atom. The largest absolute Gasteiger partial charge is 0.353 e. The van der Waals surface area contributed by atoms with Crippen LogP contribution in [0, 0.1) is 12.7 Å². The number of alkyl halides is 1. The molecule has 0 amide bonds. The predicted octanol–water partition coefficient (Wildman–Crippen LogP) is 6.46. The molecule has 0 saturated carbocycles. The first-order valence-corrected chi connectivity index (χ1v) is 13.7. The molecule has 0 spiro atoms. The molecule has 37 heavy (non-hydrogen) atoms. The number of nitrogens with zero attached hydrogens (tertiary/aromatic N) is 6. The molecule has 0 N–H and O–H groups in total. The monoisotopic (exact) mass is 526 g/mol. The number of aryl methyl sites for hydroxylation is 1. The van der Waals surface area contributed by atoms with Crippen molar-refractivity contribution in [3.8, 4) is 11.3 Å². The number of hydrogen-bond donors (Lipinski definition) is 0. The van der Waals surface area contributed by atoms with Crippen molar-refractivity contribution in [2.45, 2.75) is 53.0 Å². The number of piperazine rings is 1. The summed E-state index contributed by atoms with van der Waals surface area (Å²) in [7, 11) is 0. The molecule has 4 rings (SSSR count). The lowest BCUT2D eigenvalue weighted by molar-refractivity contribution is 0.314. The van der Waals surface area contributed by atoms with Gasteiger partial charge in [-0.25, -0.2) is 14.4 Å². The minimum atomic E-state index is -0.197. The first-order valence-electron chi connectivity index (χ1n) is 13.0. The van der Waals surface area contributed by atoms with E-state index in [9.17, 15) is 4.39 Å². The average Bonchev–Trinajstić information content (AvgIpc) is 3.36. The number of anilines is 2. The van der Waals surface area contributed by atoms with Gasteiger partial charge in [0.2, 0.25) is 5.95 Å². The Morgan fingerprint density at radius 2 is 1.89 bits per heavy atom. The van der Waals surface area contributed by atoms with Gasteiger partial charge >= 0.3 is 0 Å². The highest BCUT2D eigenvalue weighted by Gasteiger charge is 2.26. The molecule has 3 heterocycles. The Balaban J connectivity index is 0.00000186. The summed E-state index contributed by atoms with van der Waals surface area (Å²) < 4.78 is 13.9. The van der Waals surface area contributed by atoms with E-state index < -0.39 is 0 Å². The number of halogens is 2. The van der Waals surface area contributed by atoms with Crippen molar-refractivity contribution >= 4 is 30.1 Å². The number of benzene rings is 1. The standard InChI is InChI=1S/C28H37FN6.CH3Cl/c1-6-7-9-20(2)27(30-5)34-16-14-33(15-17-34)26-19-25(23-11-12-24(29)21(3)18-23)31-28(32-26)35-13-8-10-22(35)4;1-2/h6-7,11-12,18-19,22H,5,8-10,13-17H2,1-4H3;1H3/b7-6-,27-20+;. The highest BCUT2D eigenvalue weighted by molar-refractivity contribution is 6.15. The fourth-order valence-electron chi connectivity index (χ4n) is 4.93. The van der Waals surface area contributed by atoms with Crippen LogP contribution in [0.1, 0.15) is 45.6 Å². The third-order valence-corrected chi connectivity index (χ3v) is 7.06. The Bertz CT molecular complexity index is 1120. The quantitative estimate of drug-likeness (QED) is 0.235. The molecule has 0 radical (unpaired) electrons. The number of allylic oxidation sites excluding steroid dienone is 3. The topological polar surface area (TPSA) is 47.9 Å². The maximum absolute atomic E-state index is 13.9. The fourth-order valence-corrected chi connectivity index (χ4v) is 4.93. The zero-order valence-electron chi connectivity index (χ0n) is 22.8. The summed E-state index contributed by atoms with van der Waals surface area (Å²) in [5.41, 5.74) is 3.61. The van der Waals surface area contributed by atoms with Gasteiger partial charge in [0.15, 0.2) is 0 Å². The van der Waals surface area contributed by atoms with Gasteiger partial charge in [-0.2, -0.15) is 4.98 Å². The number of hydrogen-bond acceptors (Lipinski definition) is 6. The van der Waals surface area contributed by atoms with Gasteiger partial charge in [0.1, 0.15) is 17.5 Å². The van der Waals surface area contributed by atoms with Gasteiger partial charge in [0.25, 0.3) is 0 Å². The molecule has 8 heteroatoms. The van der Waals surface area contributed by atoms with Gasteiger partial charge in [0, 0.05) is 56.8 Å². The summed E-state index contributed by atoms with van der Waals surface area (Å²) in [6.45, 7) is 16.4. The molecule has 1 aromatic heterocycles. The molecule has 2 saturated heterocycles. The van der Waals surface area contributed by atoms with Crippen molar-refractivity contribution < 1.29 is 4.39 Å². The summed E-state index contributed by atoms with van der Waals surface area (Å²) in [5.74, 6) is 2.48. The van der Waals surface area contributed by atoms with Crippen LogP contribution in [0.2, 0.25) is 0 Å². The molecule has 0 aliphatic carbocycles. The Kier molecular flexibility index (Phi) is 10.5. The molecular formula is C29H40ClFN6. The van der Waals surface area contributed by atoms with Crippen LogP contribution in [0.15, 0.2) is 52.8 Å². The lowest BCUT2D eigenvalue weighted by Crippen LogP contribution is -2.46. The van der Waals surface area contributed by atoms with E-state index in [4.69, 9.17) is 9.97 Å². The maximum Gasteiger partial charge on any atom is 0.228 e. The van der Waals surface area contributed by atoms with Crippen molar-refractivity contribution in [1.82, 2.24) is 14.9 Å². The molecular weight excluding hydrogens is 487 g/mol. The average molecular weight is 527 g/mol. The lowest BCUT2D eigenvalue weighted by Gasteiger charge is -2.37. The molecule has 0 bridgehead atoms. The van der Waals surface area contributed by atoms with Crippen LogP contribution in [0.3, 0.4) is 0 Å². The summed E-state index contributed by atoms with van der Waals surface area (Å²) in [5, 5.41) is 0. The molecule has 1 aromatic carbocycles. The molecule has 6 nitrogen and oxygen atoms in total. The molecule has 2 aliphatic rings. The van der Waals surface area contributed by atoms with E-state index in [2.05, 4.69) is 64.0 Å². The van der Waals surface area contributed by atoms with E-state index in [1.807, 2.05) is 25.1 Å². The Morgan fingerprint density at radius 1 is 1.16 bits per heavy atom. The van der Waals surface area contributed by atoms with E-state index in [0.717, 1.165) is 80.8 Å². The van der Waals surface area contributed by atoms with Crippen molar-refractivity contribution in [1.29, 1.82) is 0 Å². The van der Waals surface area contributed by atoms with E-state index in [1.165, 1.54) is 18.0 Å². The molecule has 1 atom stereocenters. The van der Waals surface area contributed by atoms with Crippen molar-refractivity contribution in [3.63, 3.8) is 0 Å². The normalized spacial score (nSPS) is 18.6. The second-order valence-electron chi connectivity index (χ2n) is 9.57. The molecule has 2 fully saturated rings. The highest BCUT2D eigenvalue weighted by atomic mass is 35.5. The summed E-state index contributed by atoms with van der Waals surface area (Å²) in [4.78, 5) is 21.2. The number of aromatic nitrogens is 2. The number of aliphatic imine (C=N–C) groups is 1. The Labute approximate surface area is 226 Å². The molecule has 200 valence electrons. The third kappa shape index (κ3) is 6.89. The maximum atomic E-state index is 13.9. The van der Waals surface area contributed by atoms with E-state index >= 15 is 0 Å². The second kappa shape index (κ2) is 13.6. The van der Waals surface area contributed by atoms with Crippen LogP contribution in [-0.4, -0.2) is 66.7 Å². The zero-order chi connectivity index (χ0) is 26.9. The number of rotatable bonds is 7. The van der Waals surface area contributed by atoms with E-state index in [0.29, 0.717) is 11.6 Å². The lowest BCUT2D eigenvalue weighted by atomic mass is 10.1. The summed E-state index contributed by atoms with van der Waals surface area (Å²) in [6.07, 6.45) is 8.87. The van der Waals surface area contributed by atoms with Crippen LogP contribution < -0.4 is 9.80 Å². The van der Waals surface area contributed by atoms with E-state index in [1.54, 1.807) is 6.92 Å². The summed E-state index contributed by atoms with van der Waals surface area (Å²) >= 11 is 4.64. The van der Waals surface area contributed by atoms with Gasteiger partial charge in [-0.05, 0) is 83.0 Å². The van der Waals surface area contributed by atoms with Crippen LogP contribution in [0.25, 0.3) is 11.3 Å². The Hall–Kier alpha value is -2.93. The van der Waals surface area contributed by atoms with Gasteiger partial charge in [-0.3, -0.25) is 0 Å². The third-order valence-electron chi connectivity index (χ3n) is 7.06.